The maximum absolute atomic E-state index is 14.3. The number of benzene rings is 1. The monoisotopic (exact) mass is 410 g/mol. The molecule has 146 valence electrons. The second-order valence-electron chi connectivity index (χ2n) is 7.06. The molecule has 0 radical (unpaired) electrons. The van der Waals surface area contributed by atoms with Crippen molar-refractivity contribution in [1.82, 2.24) is 4.98 Å². The molecular weight excluding hydrogens is 395 g/mol. The van der Waals surface area contributed by atoms with Crippen LogP contribution in [0.3, 0.4) is 0 Å². The molecule has 4 rings (SSSR count). The van der Waals surface area contributed by atoms with Crippen molar-refractivity contribution in [1.29, 1.82) is 0 Å². The van der Waals surface area contributed by atoms with Gasteiger partial charge in [0.15, 0.2) is 5.11 Å². The lowest BCUT2D eigenvalue weighted by Gasteiger charge is -2.43. The lowest BCUT2D eigenvalue weighted by molar-refractivity contribution is -0.123. The molecule has 1 amide bonds. The van der Waals surface area contributed by atoms with E-state index in [1.807, 2.05) is 0 Å². The standard InChI is InChI=1S/C20H15FN4O3S/c1-11-8-13(10-23-16(11)22-2)24-18(28)20(6-3-7-20)25(19(24)29)12-4-5-14(17(26)27)15(21)9-12/h4-5,8-10H,3,6-7H2,1H3,(H,26,27). The van der Waals surface area contributed by atoms with Gasteiger partial charge < -0.3 is 14.9 Å². The zero-order chi connectivity index (χ0) is 20.9. The molecule has 2 heterocycles. The maximum Gasteiger partial charge on any atom is 0.338 e. The molecule has 0 bridgehead atoms. The highest BCUT2D eigenvalue weighted by molar-refractivity contribution is 7.81. The normalized spacial score (nSPS) is 17.4. The fourth-order valence-corrected chi connectivity index (χ4v) is 4.29. The first-order chi connectivity index (χ1) is 13.8. The first kappa shape index (κ1) is 19.0. The molecule has 1 aromatic carbocycles. The quantitative estimate of drug-likeness (QED) is 0.612. The molecule has 1 saturated heterocycles. The molecule has 1 N–H and O–H groups in total. The third-order valence-electron chi connectivity index (χ3n) is 5.43. The Balaban J connectivity index is 1.80. The van der Waals surface area contributed by atoms with Crippen LogP contribution in [-0.4, -0.2) is 32.6 Å². The molecule has 2 fully saturated rings. The predicted octanol–water partition coefficient (Wildman–Crippen LogP) is 3.84. The van der Waals surface area contributed by atoms with E-state index in [0.29, 0.717) is 29.8 Å². The molecule has 1 saturated carbocycles. The molecule has 7 nitrogen and oxygen atoms in total. The van der Waals surface area contributed by atoms with Gasteiger partial charge in [-0.15, -0.1) is 4.98 Å². The van der Waals surface area contributed by atoms with Crippen LogP contribution < -0.4 is 9.80 Å². The van der Waals surface area contributed by atoms with Gasteiger partial charge in [0.1, 0.15) is 17.6 Å². The summed E-state index contributed by atoms with van der Waals surface area (Å²) in [5.41, 5.74) is 0.0304. The van der Waals surface area contributed by atoms with E-state index >= 15 is 0 Å². The fourth-order valence-electron chi connectivity index (χ4n) is 3.82. The number of aryl methyl sites for hydroxylation is 1. The Morgan fingerprint density at radius 3 is 2.59 bits per heavy atom. The van der Waals surface area contributed by atoms with Gasteiger partial charge in [-0.25, -0.2) is 9.18 Å². The first-order valence-corrected chi connectivity index (χ1v) is 9.27. The Morgan fingerprint density at radius 2 is 2.07 bits per heavy atom. The number of carboxylic acid groups (broad SMARTS) is 1. The van der Waals surface area contributed by atoms with Gasteiger partial charge in [0.2, 0.25) is 0 Å². The van der Waals surface area contributed by atoms with Gasteiger partial charge in [-0.3, -0.25) is 9.69 Å². The molecule has 1 spiro atoms. The lowest BCUT2D eigenvalue weighted by Crippen LogP contribution is -2.55. The molecule has 2 aromatic rings. The number of hydrogen-bond donors (Lipinski definition) is 1. The summed E-state index contributed by atoms with van der Waals surface area (Å²) in [4.78, 5) is 34.9. The minimum Gasteiger partial charge on any atom is -0.478 e. The Bertz CT molecular complexity index is 1120. The molecule has 29 heavy (non-hydrogen) atoms. The number of aromatic nitrogens is 1. The minimum atomic E-state index is -1.37. The van der Waals surface area contributed by atoms with Crippen LogP contribution in [0.4, 0.5) is 21.6 Å². The van der Waals surface area contributed by atoms with E-state index in [9.17, 15) is 14.0 Å². The third-order valence-corrected chi connectivity index (χ3v) is 5.80. The summed E-state index contributed by atoms with van der Waals surface area (Å²) in [6.07, 6.45) is 3.35. The summed E-state index contributed by atoms with van der Waals surface area (Å²) < 4.78 is 14.3. The van der Waals surface area contributed by atoms with E-state index in [1.165, 1.54) is 23.2 Å². The summed E-state index contributed by atoms with van der Waals surface area (Å²) in [5, 5.41) is 9.24. The van der Waals surface area contributed by atoms with Crippen LogP contribution in [0.5, 0.6) is 0 Å². The van der Waals surface area contributed by atoms with E-state index in [1.54, 1.807) is 17.9 Å². The van der Waals surface area contributed by atoms with Crippen molar-refractivity contribution in [3.8, 4) is 0 Å². The van der Waals surface area contributed by atoms with Crippen molar-refractivity contribution < 1.29 is 19.1 Å². The summed E-state index contributed by atoms with van der Waals surface area (Å²) >= 11 is 5.59. The number of nitrogens with zero attached hydrogens (tertiary/aromatic N) is 4. The summed E-state index contributed by atoms with van der Waals surface area (Å²) in [6.45, 7) is 8.85. The second-order valence-corrected chi connectivity index (χ2v) is 7.42. The number of carbonyl (C=O) groups excluding carboxylic acids is 1. The van der Waals surface area contributed by atoms with Crippen LogP contribution >= 0.6 is 12.2 Å². The van der Waals surface area contributed by atoms with Crippen LogP contribution in [0.25, 0.3) is 4.85 Å². The van der Waals surface area contributed by atoms with E-state index in [-0.39, 0.29) is 16.8 Å². The van der Waals surface area contributed by atoms with Gasteiger partial charge in [-0.1, -0.05) is 6.57 Å². The number of carbonyl (C=O) groups is 2. The van der Waals surface area contributed by atoms with Crippen molar-refractivity contribution in [3.63, 3.8) is 0 Å². The largest absolute Gasteiger partial charge is 0.478 e. The topological polar surface area (TPSA) is 78.1 Å². The number of pyridine rings is 1. The zero-order valence-electron chi connectivity index (χ0n) is 15.3. The molecule has 1 aliphatic heterocycles. The first-order valence-electron chi connectivity index (χ1n) is 8.86. The SMILES string of the molecule is [C-]#[N+]c1ncc(N2C(=O)C3(CCC3)N(c3ccc(C(=O)O)c(F)c3)C2=S)cc1C. The van der Waals surface area contributed by atoms with Gasteiger partial charge in [-0.2, -0.15) is 0 Å². The number of amides is 1. The summed E-state index contributed by atoms with van der Waals surface area (Å²) in [7, 11) is 0. The summed E-state index contributed by atoms with van der Waals surface area (Å²) in [6, 6.07) is 5.40. The number of anilines is 2. The molecule has 2 aliphatic rings. The van der Waals surface area contributed by atoms with Gasteiger partial charge in [0.25, 0.3) is 11.7 Å². The predicted molar refractivity (Wildman–Crippen MR) is 108 cm³/mol. The minimum absolute atomic E-state index is 0.175. The molecule has 0 unspecified atom stereocenters. The Hall–Kier alpha value is -3.38. The highest BCUT2D eigenvalue weighted by atomic mass is 32.1. The number of rotatable bonds is 3. The smallest absolute Gasteiger partial charge is 0.338 e. The second kappa shape index (κ2) is 6.60. The molecular formula is C20H15FN4O3S. The molecule has 1 aromatic heterocycles. The number of carboxylic acids is 1. The highest BCUT2D eigenvalue weighted by Crippen LogP contribution is 2.48. The van der Waals surface area contributed by atoms with E-state index < -0.39 is 22.9 Å². The zero-order valence-corrected chi connectivity index (χ0v) is 16.2. The number of thiocarbonyl (C=S) groups is 1. The van der Waals surface area contributed by atoms with Crippen LogP contribution in [0.2, 0.25) is 0 Å². The Morgan fingerprint density at radius 1 is 1.34 bits per heavy atom. The van der Waals surface area contributed by atoms with Gasteiger partial charge >= 0.3 is 5.97 Å². The van der Waals surface area contributed by atoms with Crippen LogP contribution in [0.1, 0.15) is 35.2 Å². The van der Waals surface area contributed by atoms with Crippen molar-refractivity contribution in [2.75, 3.05) is 9.80 Å². The van der Waals surface area contributed by atoms with Crippen molar-refractivity contribution in [2.45, 2.75) is 31.7 Å². The van der Waals surface area contributed by atoms with Gasteiger partial charge in [-0.05, 0) is 68.2 Å². The van der Waals surface area contributed by atoms with Crippen LogP contribution in [0.15, 0.2) is 30.5 Å². The average molecular weight is 410 g/mol. The number of aromatic carboxylic acids is 1. The van der Waals surface area contributed by atoms with E-state index in [2.05, 4.69) is 9.83 Å². The van der Waals surface area contributed by atoms with Crippen LogP contribution in [-0.2, 0) is 4.79 Å². The molecule has 9 heteroatoms. The number of hydrogen-bond acceptors (Lipinski definition) is 4. The van der Waals surface area contributed by atoms with Crippen molar-refractivity contribution >= 4 is 46.4 Å². The fraction of sp³-hybridized carbons (Fsp3) is 0.250. The third kappa shape index (κ3) is 2.68. The molecule has 1 aliphatic carbocycles. The Labute approximate surface area is 171 Å². The van der Waals surface area contributed by atoms with E-state index in [4.69, 9.17) is 23.9 Å². The number of halogens is 1. The average Bonchev–Trinajstić information content (AvgIpc) is 2.88. The van der Waals surface area contributed by atoms with Crippen molar-refractivity contribution in [2.24, 2.45) is 0 Å². The maximum atomic E-state index is 14.3. The summed E-state index contributed by atoms with van der Waals surface area (Å²) in [5.74, 6) is -2.24. The Kier molecular flexibility index (Phi) is 4.31. The van der Waals surface area contributed by atoms with Gasteiger partial charge in [0, 0.05) is 5.69 Å². The van der Waals surface area contributed by atoms with Crippen LogP contribution in [0, 0.1) is 19.3 Å². The van der Waals surface area contributed by atoms with Crippen molar-refractivity contribution in [3.05, 3.63) is 58.8 Å². The highest BCUT2D eigenvalue weighted by Gasteiger charge is 2.59. The van der Waals surface area contributed by atoms with E-state index in [0.717, 1.165) is 12.5 Å². The van der Waals surface area contributed by atoms with Gasteiger partial charge in [0.05, 0.1) is 11.3 Å². The lowest BCUT2D eigenvalue weighted by atomic mass is 9.75. The molecule has 0 atom stereocenters.